The van der Waals surface area contributed by atoms with Crippen molar-refractivity contribution in [3.05, 3.63) is 38.9 Å². The van der Waals surface area contributed by atoms with Gasteiger partial charge >= 0.3 is 0 Å². The molecule has 0 atom stereocenters. The summed E-state index contributed by atoms with van der Waals surface area (Å²) in [6.07, 6.45) is 5.12. The Balaban J connectivity index is 2.77. The molecule has 0 saturated heterocycles. The molecule has 5 heteroatoms. The molecule has 1 heterocycles. The second-order valence-corrected chi connectivity index (χ2v) is 3.19. The van der Waals surface area contributed by atoms with Crippen LogP contribution in [0.5, 0.6) is 0 Å². The summed E-state index contributed by atoms with van der Waals surface area (Å²) in [6.45, 7) is 0.297. The summed E-state index contributed by atoms with van der Waals surface area (Å²) in [7, 11) is 0. The van der Waals surface area contributed by atoms with Gasteiger partial charge in [0, 0.05) is 5.69 Å². The van der Waals surface area contributed by atoms with E-state index in [0.717, 1.165) is 0 Å². The first-order valence-electron chi connectivity index (χ1n) is 4.65. The minimum absolute atomic E-state index is 0.297. The number of benzene rings is 1. The summed E-state index contributed by atoms with van der Waals surface area (Å²) in [5.74, 6) is 2.41. The average Bonchev–Trinajstić information content (AvgIpc) is 2.31. The summed E-state index contributed by atoms with van der Waals surface area (Å²) in [5, 5.41) is 8.10. The molecule has 0 fully saturated rings. The third-order valence-electron chi connectivity index (χ3n) is 2.21. The van der Waals surface area contributed by atoms with Crippen LogP contribution < -0.4 is 16.4 Å². The second-order valence-electron chi connectivity index (χ2n) is 3.19. The van der Waals surface area contributed by atoms with E-state index in [4.69, 9.17) is 6.42 Å². The van der Waals surface area contributed by atoms with Crippen molar-refractivity contribution < 1.29 is 0 Å². The minimum Gasteiger partial charge on any atom is -0.373 e. The Kier molecular flexibility index (Phi) is 2.48. The van der Waals surface area contributed by atoms with Crippen molar-refractivity contribution >= 4 is 16.5 Å². The van der Waals surface area contributed by atoms with Gasteiger partial charge in [-0.05, 0) is 12.1 Å². The fraction of sp³-hybridized carbons (Fsp3) is 0.0909. The van der Waals surface area contributed by atoms with Gasteiger partial charge in [-0.15, -0.1) is 6.42 Å². The van der Waals surface area contributed by atoms with Crippen LogP contribution in [0.3, 0.4) is 0 Å². The van der Waals surface area contributed by atoms with Gasteiger partial charge in [0.2, 0.25) is 0 Å². The van der Waals surface area contributed by atoms with Gasteiger partial charge in [0.1, 0.15) is 0 Å². The zero-order valence-electron chi connectivity index (χ0n) is 8.33. The van der Waals surface area contributed by atoms with Gasteiger partial charge < -0.3 is 5.32 Å². The van der Waals surface area contributed by atoms with Crippen LogP contribution in [0.2, 0.25) is 0 Å². The van der Waals surface area contributed by atoms with Gasteiger partial charge in [-0.1, -0.05) is 12.0 Å². The normalized spacial score (nSPS) is 9.94. The molecule has 0 aliphatic heterocycles. The molecule has 16 heavy (non-hydrogen) atoms. The molecule has 1 aromatic heterocycles. The molecular formula is C11H9N3O2. The van der Waals surface area contributed by atoms with Gasteiger partial charge in [-0.2, -0.15) is 0 Å². The van der Waals surface area contributed by atoms with E-state index in [0.29, 0.717) is 23.0 Å². The van der Waals surface area contributed by atoms with Gasteiger partial charge in [-0.3, -0.25) is 19.8 Å². The monoisotopic (exact) mass is 215 g/mol. The van der Waals surface area contributed by atoms with E-state index >= 15 is 0 Å². The van der Waals surface area contributed by atoms with Gasteiger partial charge in [0.05, 0.1) is 17.3 Å². The minimum atomic E-state index is -0.352. The Bertz CT molecular complexity index is 676. The summed E-state index contributed by atoms with van der Waals surface area (Å²) in [5.41, 5.74) is -0.128. The van der Waals surface area contributed by atoms with Crippen molar-refractivity contribution in [1.82, 2.24) is 10.2 Å². The third-order valence-corrected chi connectivity index (χ3v) is 2.21. The molecule has 5 nitrogen and oxygen atoms in total. The van der Waals surface area contributed by atoms with Gasteiger partial charge in [0.15, 0.2) is 0 Å². The quantitative estimate of drug-likeness (QED) is 0.629. The van der Waals surface area contributed by atoms with Crippen molar-refractivity contribution in [2.45, 2.75) is 0 Å². The molecule has 2 aromatic rings. The Morgan fingerprint density at radius 1 is 1.25 bits per heavy atom. The lowest BCUT2D eigenvalue weighted by atomic mass is 10.1. The predicted molar refractivity (Wildman–Crippen MR) is 62.5 cm³/mol. The SMILES string of the molecule is C#CCNc1cccc2c(=O)[nH][nH]c(=O)c12. The number of aromatic nitrogens is 2. The zero-order valence-corrected chi connectivity index (χ0v) is 8.33. The number of aromatic amines is 2. The highest BCUT2D eigenvalue weighted by Gasteiger charge is 2.06. The lowest BCUT2D eigenvalue weighted by molar-refractivity contribution is 0.976. The van der Waals surface area contributed by atoms with E-state index in [1.165, 1.54) is 0 Å². The Labute approximate surface area is 90.5 Å². The molecule has 0 unspecified atom stereocenters. The number of hydrogen-bond donors (Lipinski definition) is 3. The smallest absolute Gasteiger partial charge is 0.272 e. The van der Waals surface area contributed by atoms with E-state index in [-0.39, 0.29) is 11.1 Å². The lowest BCUT2D eigenvalue weighted by Gasteiger charge is -2.05. The number of anilines is 1. The van der Waals surface area contributed by atoms with Crippen LogP contribution in [0.1, 0.15) is 0 Å². The molecule has 80 valence electrons. The maximum absolute atomic E-state index is 11.6. The fourth-order valence-corrected chi connectivity index (χ4v) is 1.52. The summed E-state index contributed by atoms with van der Waals surface area (Å²) in [6, 6.07) is 4.98. The standard InChI is InChI=1S/C11H9N3O2/c1-2-6-12-8-5-3-4-7-9(8)11(16)14-13-10(7)15/h1,3-5,12H,6H2,(H,13,15)(H,14,16). The van der Waals surface area contributed by atoms with Crippen LogP contribution in [0.25, 0.3) is 10.8 Å². The van der Waals surface area contributed by atoms with Crippen molar-refractivity contribution in [3.63, 3.8) is 0 Å². The van der Waals surface area contributed by atoms with Gasteiger partial charge in [0.25, 0.3) is 11.1 Å². The third kappa shape index (κ3) is 1.57. The molecule has 3 N–H and O–H groups in total. The van der Waals surface area contributed by atoms with Gasteiger partial charge in [-0.25, -0.2) is 0 Å². The van der Waals surface area contributed by atoms with E-state index in [1.54, 1.807) is 18.2 Å². The second kappa shape index (κ2) is 3.95. The van der Waals surface area contributed by atoms with E-state index in [2.05, 4.69) is 21.4 Å². The Hall–Kier alpha value is -2.48. The van der Waals surface area contributed by atoms with Crippen LogP contribution in [0.15, 0.2) is 27.8 Å². The van der Waals surface area contributed by atoms with Crippen LogP contribution in [-0.4, -0.2) is 16.7 Å². The molecule has 0 radical (unpaired) electrons. The lowest BCUT2D eigenvalue weighted by Crippen LogP contribution is -2.20. The van der Waals surface area contributed by atoms with Crippen molar-refractivity contribution in [1.29, 1.82) is 0 Å². The number of terminal acetylenes is 1. The highest BCUT2D eigenvalue weighted by atomic mass is 16.1. The molecule has 0 spiro atoms. The number of fused-ring (bicyclic) bond motifs is 1. The highest BCUT2D eigenvalue weighted by Crippen LogP contribution is 2.15. The maximum atomic E-state index is 11.6. The first-order chi connectivity index (χ1) is 7.74. The van der Waals surface area contributed by atoms with Crippen LogP contribution >= 0.6 is 0 Å². The maximum Gasteiger partial charge on any atom is 0.272 e. The van der Waals surface area contributed by atoms with Crippen molar-refractivity contribution in [2.24, 2.45) is 0 Å². The van der Waals surface area contributed by atoms with Crippen LogP contribution in [-0.2, 0) is 0 Å². The van der Waals surface area contributed by atoms with Crippen molar-refractivity contribution in [3.8, 4) is 12.3 Å². The topological polar surface area (TPSA) is 77.8 Å². The van der Waals surface area contributed by atoms with Crippen LogP contribution in [0, 0.1) is 12.3 Å². The summed E-state index contributed by atoms with van der Waals surface area (Å²) in [4.78, 5) is 23.1. The van der Waals surface area contributed by atoms with Crippen LogP contribution in [0.4, 0.5) is 5.69 Å². The number of H-pyrrole nitrogens is 2. The summed E-state index contributed by atoms with van der Waals surface area (Å²) < 4.78 is 0. The summed E-state index contributed by atoms with van der Waals surface area (Å²) >= 11 is 0. The molecule has 1 aromatic carbocycles. The Morgan fingerprint density at radius 2 is 2.00 bits per heavy atom. The average molecular weight is 215 g/mol. The number of hydrogen-bond acceptors (Lipinski definition) is 3. The largest absolute Gasteiger partial charge is 0.373 e. The number of rotatable bonds is 2. The first-order valence-corrected chi connectivity index (χ1v) is 4.65. The zero-order chi connectivity index (χ0) is 11.5. The van der Waals surface area contributed by atoms with E-state index < -0.39 is 0 Å². The first kappa shape index (κ1) is 10.1. The fourth-order valence-electron chi connectivity index (χ4n) is 1.52. The molecule has 0 aliphatic rings. The predicted octanol–water partition coefficient (Wildman–Crippen LogP) is 0.261. The molecule has 0 aliphatic carbocycles. The van der Waals surface area contributed by atoms with E-state index in [9.17, 15) is 9.59 Å². The molecule has 0 saturated carbocycles. The molecule has 0 bridgehead atoms. The molecule has 0 amide bonds. The Morgan fingerprint density at radius 3 is 2.75 bits per heavy atom. The van der Waals surface area contributed by atoms with Crippen molar-refractivity contribution in [2.75, 3.05) is 11.9 Å². The molecular weight excluding hydrogens is 206 g/mol. The number of nitrogens with one attached hydrogen (secondary N) is 3. The van der Waals surface area contributed by atoms with E-state index in [1.807, 2.05) is 0 Å². The molecule has 2 rings (SSSR count). The highest BCUT2D eigenvalue weighted by molar-refractivity contribution is 5.92.